The van der Waals surface area contributed by atoms with Crippen molar-refractivity contribution in [3.63, 3.8) is 0 Å². The Bertz CT molecular complexity index is 514. The van der Waals surface area contributed by atoms with Gasteiger partial charge >= 0.3 is 0 Å². The Morgan fingerprint density at radius 3 is 2.71 bits per heavy atom. The van der Waals surface area contributed by atoms with E-state index in [1.54, 1.807) is 4.68 Å². The number of rotatable bonds is 4. The van der Waals surface area contributed by atoms with Crippen molar-refractivity contribution in [1.82, 2.24) is 20.0 Å². The van der Waals surface area contributed by atoms with Crippen molar-refractivity contribution in [1.29, 1.82) is 0 Å². The van der Waals surface area contributed by atoms with Crippen molar-refractivity contribution >= 4 is 5.69 Å². The lowest BCUT2D eigenvalue weighted by Crippen LogP contribution is -2.00. The van der Waals surface area contributed by atoms with E-state index >= 15 is 0 Å². The third kappa shape index (κ3) is 2.02. The maximum atomic E-state index is 5.98. The van der Waals surface area contributed by atoms with Crippen LogP contribution in [-0.4, -0.2) is 20.0 Å². The number of nitrogen functional groups attached to an aromatic ring is 1. The number of aryl methyl sites for hydroxylation is 3. The van der Waals surface area contributed by atoms with E-state index in [-0.39, 0.29) is 0 Å². The van der Waals surface area contributed by atoms with Crippen LogP contribution in [0.1, 0.15) is 31.9 Å². The van der Waals surface area contributed by atoms with E-state index in [4.69, 9.17) is 10.2 Å². The molecular formula is C11H17N5O. The van der Waals surface area contributed by atoms with E-state index < -0.39 is 0 Å². The number of nitrogens with two attached hydrogens (primary N) is 1. The van der Waals surface area contributed by atoms with Gasteiger partial charge in [-0.2, -0.15) is 5.10 Å². The summed E-state index contributed by atoms with van der Waals surface area (Å²) < 4.78 is 7.37. The molecule has 0 aromatic carbocycles. The molecule has 0 unspecified atom stereocenters. The highest BCUT2D eigenvalue weighted by molar-refractivity contribution is 5.68. The van der Waals surface area contributed by atoms with Crippen LogP contribution in [0.3, 0.4) is 0 Å². The molecule has 0 atom stereocenters. The summed E-state index contributed by atoms with van der Waals surface area (Å²) in [6.45, 7) is 6.66. The predicted octanol–water partition coefficient (Wildman–Crippen LogP) is 1.80. The molecule has 0 radical (unpaired) electrons. The Morgan fingerprint density at radius 1 is 1.29 bits per heavy atom. The Balaban J connectivity index is 2.44. The molecule has 6 nitrogen and oxygen atoms in total. The van der Waals surface area contributed by atoms with Crippen LogP contribution >= 0.6 is 0 Å². The monoisotopic (exact) mass is 235 g/mol. The van der Waals surface area contributed by atoms with Crippen molar-refractivity contribution < 1.29 is 4.42 Å². The lowest BCUT2D eigenvalue weighted by atomic mass is 10.3. The molecule has 2 aromatic rings. The van der Waals surface area contributed by atoms with Gasteiger partial charge in [0, 0.05) is 13.0 Å². The molecule has 0 saturated heterocycles. The van der Waals surface area contributed by atoms with Crippen LogP contribution in [0.5, 0.6) is 0 Å². The second kappa shape index (κ2) is 4.57. The quantitative estimate of drug-likeness (QED) is 0.873. The third-order valence-corrected chi connectivity index (χ3v) is 2.61. The first kappa shape index (κ1) is 11.6. The highest BCUT2D eigenvalue weighted by Gasteiger charge is 2.19. The van der Waals surface area contributed by atoms with Gasteiger partial charge in [0.1, 0.15) is 5.69 Å². The first-order chi connectivity index (χ1) is 8.17. The van der Waals surface area contributed by atoms with Crippen LogP contribution < -0.4 is 5.73 Å². The van der Waals surface area contributed by atoms with Gasteiger partial charge in [0.2, 0.25) is 5.89 Å². The van der Waals surface area contributed by atoms with Gasteiger partial charge in [0.25, 0.3) is 5.89 Å². The molecule has 2 aromatic heterocycles. The Hall–Kier alpha value is -1.85. The Morgan fingerprint density at radius 2 is 2.06 bits per heavy atom. The highest BCUT2D eigenvalue weighted by Crippen LogP contribution is 2.27. The van der Waals surface area contributed by atoms with Gasteiger partial charge in [-0.3, -0.25) is 4.68 Å². The minimum absolute atomic E-state index is 0.452. The summed E-state index contributed by atoms with van der Waals surface area (Å²) in [5.74, 6) is 1.09. The molecular weight excluding hydrogens is 218 g/mol. The van der Waals surface area contributed by atoms with Crippen LogP contribution in [0.25, 0.3) is 11.6 Å². The summed E-state index contributed by atoms with van der Waals surface area (Å²) in [5.41, 5.74) is 8.10. The molecule has 0 aliphatic heterocycles. The molecule has 0 spiro atoms. The smallest absolute Gasteiger partial charge is 0.268 e. The minimum Gasteiger partial charge on any atom is -0.419 e. The summed E-state index contributed by atoms with van der Waals surface area (Å²) in [7, 11) is 0. The van der Waals surface area contributed by atoms with E-state index in [0.29, 0.717) is 17.5 Å². The standard InChI is InChI=1S/C11H17N5O/c1-4-6-8-13-14-11(17-8)10-9(12)7(3)15-16(10)5-2/h4-6,12H2,1-3H3. The summed E-state index contributed by atoms with van der Waals surface area (Å²) in [6.07, 6.45) is 1.76. The lowest BCUT2D eigenvalue weighted by molar-refractivity contribution is 0.495. The average Bonchev–Trinajstić information content (AvgIpc) is 2.86. The van der Waals surface area contributed by atoms with Crippen LogP contribution in [0.15, 0.2) is 4.42 Å². The van der Waals surface area contributed by atoms with Crippen molar-refractivity contribution in [2.75, 3.05) is 5.73 Å². The average molecular weight is 235 g/mol. The number of hydrogen-bond acceptors (Lipinski definition) is 5. The zero-order chi connectivity index (χ0) is 12.4. The topological polar surface area (TPSA) is 82.8 Å². The third-order valence-electron chi connectivity index (χ3n) is 2.61. The fraction of sp³-hybridized carbons (Fsp3) is 0.545. The van der Waals surface area contributed by atoms with Gasteiger partial charge in [-0.25, -0.2) is 0 Å². The van der Waals surface area contributed by atoms with Crippen LogP contribution in [0.4, 0.5) is 5.69 Å². The van der Waals surface area contributed by atoms with E-state index in [2.05, 4.69) is 22.2 Å². The molecule has 2 N–H and O–H groups in total. The molecule has 2 heterocycles. The molecule has 0 aliphatic carbocycles. The molecule has 0 fully saturated rings. The Labute approximate surface area is 99.8 Å². The molecule has 2 rings (SSSR count). The normalized spacial score (nSPS) is 11.0. The summed E-state index contributed by atoms with van der Waals surface area (Å²) in [6, 6.07) is 0. The number of aromatic nitrogens is 4. The zero-order valence-electron chi connectivity index (χ0n) is 10.4. The van der Waals surface area contributed by atoms with Gasteiger partial charge in [-0.1, -0.05) is 6.92 Å². The van der Waals surface area contributed by atoms with E-state index in [9.17, 15) is 0 Å². The van der Waals surface area contributed by atoms with Crippen molar-refractivity contribution in [3.05, 3.63) is 11.6 Å². The minimum atomic E-state index is 0.452. The second-order valence-electron chi connectivity index (χ2n) is 3.91. The molecule has 0 bridgehead atoms. The fourth-order valence-electron chi connectivity index (χ4n) is 1.71. The number of anilines is 1. The van der Waals surface area contributed by atoms with Crippen LogP contribution in [0.2, 0.25) is 0 Å². The summed E-state index contributed by atoms with van der Waals surface area (Å²) in [5, 5.41) is 12.3. The van der Waals surface area contributed by atoms with Gasteiger partial charge in [-0.15, -0.1) is 10.2 Å². The molecule has 0 amide bonds. The van der Waals surface area contributed by atoms with Gasteiger partial charge < -0.3 is 10.2 Å². The van der Waals surface area contributed by atoms with Crippen molar-refractivity contribution in [3.8, 4) is 11.6 Å². The van der Waals surface area contributed by atoms with Crippen LogP contribution in [-0.2, 0) is 13.0 Å². The molecule has 0 saturated carbocycles. The first-order valence-electron chi connectivity index (χ1n) is 5.83. The van der Waals surface area contributed by atoms with E-state index in [1.807, 2.05) is 13.8 Å². The number of nitrogens with zero attached hydrogens (tertiary/aromatic N) is 4. The Kier molecular flexibility index (Phi) is 3.12. The summed E-state index contributed by atoms with van der Waals surface area (Å²) in [4.78, 5) is 0. The first-order valence-corrected chi connectivity index (χ1v) is 5.83. The SMILES string of the molecule is CCCc1nnc(-c2c(N)c(C)nn2CC)o1. The lowest BCUT2D eigenvalue weighted by Gasteiger charge is -2.00. The van der Waals surface area contributed by atoms with Crippen molar-refractivity contribution in [2.45, 2.75) is 40.2 Å². The summed E-state index contributed by atoms with van der Waals surface area (Å²) >= 11 is 0. The van der Waals surface area contributed by atoms with E-state index in [0.717, 1.165) is 30.8 Å². The molecule has 17 heavy (non-hydrogen) atoms. The largest absolute Gasteiger partial charge is 0.419 e. The molecule has 6 heteroatoms. The van der Waals surface area contributed by atoms with E-state index in [1.165, 1.54) is 0 Å². The highest BCUT2D eigenvalue weighted by atomic mass is 16.4. The molecule has 0 aliphatic rings. The fourth-order valence-corrected chi connectivity index (χ4v) is 1.71. The van der Waals surface area contributed by atoms with Crippen molar-refractivity contribution in [2.24, 2.45) is 0 Å². The van der Waals surface area contributed by atoms with Gasteiger partial charge in [0.15, 0.2) is 0 Å². The zero-order valence-corrected chi connectivity index (χ0v) is 10.4. The maximum absolute atomic E-state index is 5.98. The maximum Gasteiger partial charge on any atom is 0.268 e. The van der Waals surface area contributed by atoms with Crippen LogP contribution in [0, 0.1) is 6.92 Å². The second-order valence-corrected chi connectivity index (χ2v) is 3.91. The van der Waals surface area contributed by atoms with Gasteiger partial charge in [-0.05, 0) is 20.3 Å². The number of hydrogen-bond donors (Lipinski definition) is 1. The molecule has 92 valence electrons. The van der Waals surface area contributed by atoms with Gasteiger partial charge in [0.05, 0.1) is 11.4 Å². The predicted molar refractivity (Wildman–Crippen MR) is 64.3 cm³/mol.